The average molecular weight is 219 g/mol. The fraction of sp³-hybridized carbons (Fsp3) is 0.308. The van der Waals surface area contributed by atoms with E-state index >= 15 is 0 Å². The Labute approximate surface area is 94.4 Å². The minimum Gasteiger partial charge on any atom is -0.334 e. The maximum atomic E-state index is 12.7. The molecule has 1 amide bonds. The van der Waals surface area contributed by atoms with Gasteiger partial charge in [0.25, 0.3) is 5.91 Å². The second-order valence-corrected chi connectivity index (χ2v) is 4.07. The lowest BCUT2D eigenvalue weighted by molar-refractivity contribution is 0.0766. The van der Waals surface area contributed by atoms with Crippen LogP contribution in [0.3, 0.4) is 0 Å². The molecule has 1 aliphatic rings. The summed E-state index contributed by atoms with van der Waals surface area (Å²) in [7, 11) is 0. The first kappa shape index (κ1) is 10.9. The summed E-state index contributed by atoms with van der Waals surface area (Å²) in [6.45, 7) is 3.44. The summed E-state index contributed by atoms with van der Waals surface area (Å²) in [5, 5.41) is 0. The van der Waals surface area contributed by atoms with Gasteiger partial charge in [-0.2, -0.15) is 0 Å². The van der Waals surface area contributed by atoms with Crippen LogP contribution in [0, 0.1) is 5.82 Å². The lowest BCUT2D eigenvalue weighted by Gasteiger charge is -2.26. The average Bonchev–Trinajstić information content (AvgIpc) is 2.29. The monoisotopic (exact) mass is 219 g/mol. The van der Waals surface area contributed by atoms with Crippen molar-refractivity contribution >= 4 is 5.91 Å². The second kappa shape index (κ2) is 4.47. The molecule has 1 heterocycles. The van der Waals surface area contributed by atoms with Crippen LogP contribution in [0.4, 0.5) is 4.39 Å². The number of benzene rings is 1. The highest BCUT2D eigenvalue weighted by Gasteiger charge is 2.17. The third-order valence-electron chi connectivity index (χ3n) is 2.71. The van der Waals surface area contributed by atoms with E-state index in [4.69, 9.17) is 0 Å². The van der Waals surface area contributed by atoms with Crippen molar-refractivity contribution in [1.29, 1.82) is 0 Å². The Bertz CT molecular complexity index is 422. The number of halogens is 1. The lowest BCUT2D eigenvalue weighted by Crippen LogP contribution is -2.35. The first-order valence-corrected chi connectivity index (χ1v) is 5.37. The van der Waals surface area contributed by atoms with E-state index in [-0.39, 0.29) is 11.7 Å². The van der Waals surface area contributed by atoms with Gasteiger partial charge in [-0.15, -0.1) is 0 Å². The summed E-state index contributed by atoms with van der Waals surface area (Å²) < 4.78 is 12.7. The Kier molecular flexibility index (Phi) is 3.04. The minimum atomic E-state index is -0.314. The molecular weight excluding hydrogens is 205 g/mol. The van der Waals surface area contributed by atoms with Crippen molar-refractivity contribution in [2.75, 3.05) is 13.1 Å². The molecule has 0 spiro atoms. The fourth-order valence-electron chi connectivity index (χ4n) is 1.86. The number of amides is 1. The molecule has 1 aromatic carbocycles. The van der Waals surface area contributed by atoms with Crippen LogP contribution in [0.5, 0.6) is 0 Å². The number of carbonyl (C=O) groups excluding carboxylic acids is 1. The van der Waals surface area contributed by atoms with Gasteiger partial charge in [-0.3, -0.25) is 4.79 Å². The zero-order valence-electron chi connectivity index (χ0n) is 9.24. The van der Waals surface area contributed by atoms with E-state index in [2.05, 4.69) is 6.08 Å². The molecule has 0 fully saturated rings. The van der Waals surface area contributed by atoms with Crippen LogP contribution in [-0.4, -0.2) is 23.9 Å². The van der Waals surface area contributed by atoms with Crippen molar-refractivity contribution in [3.8, 4) is 0 Å². The lowest BCUT2D eigenvalue weighted by atomic mass is 10.1. The van der Waals surface area contributed by atoms with Crippen LogP contribution in [-0.2, 0) is 0 Å². The van der Waals surface area contributed by atoms with Gasteiger partial charge in [0.2, 0.25) is 0 Å². The smallest absolute Gasteiger partial charge is 0.254 e. The predicted molar refractivity (Wildman–Crippen MR) is 60.7 cm³/mol. The molecule has 1 aromatic rings. The van der Waals surface area contributed by atoms with Crippen LogP contribution >= 0.6 is 0 Å². The molecule has 0 saturated heterocycles. The van der Waals surface area contributed by atoms with Gasteiger partial charge < -0.3 is 4.90 Å². The number of carbonyl (C=O) groups is 1. The largest absolute Gasteiger partial charge is 0.334 e. The minimum absolute atomic E-state index is 0.0209. The third kappa shape index (κ3) is 2.30. The number of rotatable bonds is 1. The SMILES string of the molecule is CC1=CCCN(C(=O)c2ccc(F)cc2)C1. The molecule has 1 aliphatic heterocycles. The zero-order valence-corrected chi connectivity index (χ0v) is 9.24. The molecule has 0 unspecified atom stereocenters. The Morgan fingerprint density at radius 3 is 2.62 bits per heavy atom. The molecule has 2 nitrogen and oxygen atoms in total. The molecule has 84 valence electrons. The van der Waals surface area contributed by atoms with Crippen LogP contribution in [0.25, 0.3) is 0 Å². The van der Waals surface area contributed by atoms with Gasteiger partial charge in [-0.05, 0) is 37.6 Å². The first-order chi connectivity index (χ1) is 7.66. The maximum Gasteiger partial charge on any atom is 0.254 e. The van der Waals surface area contributed by atoms with Crippen molar-refractivity contribution in [3.05, 3.63) is 47.3 Å². The second-order valence-electron chi connectivity index (χ2n) is 4.07. The van der Waals surface area contributed by atoms with Crippen molar-refractivity contribution < 1.29 is 9.18 Å². The van der Waals surface area contributed by atoms with E-state index in [9.17, 15) is 9.18 Å². The molecule has 0 saturated carbocycles. The maximum absolute atomic E-state index is 12.7. The number of nitrogens with zero attached hydrogens (tertiary/aromatic N) is 1. The third-order valence-corrected chi connectivity index (χ3v) is 2.71. The van der Waals surface area contributed by atoms with E-state index in [0.717, 1.165) is 13.0 Å². The molecule has 3 heteroatoms. The van der Waals surface area contributed by atoms with Gasteiger partial charge in [0, 0.05) is 18.7 Å². The van der Waals surface area contributed by atoms with Crippen LogP contribution in [0.1, 0.15) is 23.7 Å². The predicted octanol–water partition coefficient (Wildman–Crippen LogP) is 2.62. The van der Waals surface area contributed by atoms with E-state index in [0.29, 0.717) is 12.1 Å². The van der Waals surface area contributed by atoms with E-state index in [1.165, 1.54) is 29.8 Å². The van der Waals surface area contributed by atoms with Gasteiger partial charge in [-0.1, -0.05) is 11.6 Å². The highest BCUT2D eigenvalue weighted by molar-refractivity contribution is 5.94. The van der Waals surface area contributed by atoms with Crippen molar-refractivity contribution in [2.24, 2.45) is 0 Å². The van der Waals surface area contributed by atoms with E-state index in [1.807, 2.05) is 6.92 Å². The summed E-state index contributed by atoms with van der Waals surface area (Å²) in [5.74, 6) is -0.335. The molecule has 2 rings (SSSR count). The highest BCUT2D eigenvalue weighted by atomic mass is 19.1. The van der Waals surface area contributed by atoms with Crippen LogP contribution in [0.15, 0.2) is 35.9 Å². The Morgan fingerprint density at radius 1 is 1.31 bits per heavy atom. The van der Waals surface area contributed by atoms with Crippen LogP contribution in [0.2, 0.25) is 0 Å². The van der Waals surface area contributed by atoms with Gasteiger partial charge in [0.1, 0.15) is 5.82 Å². The van der Waals surface area contributed by atoms with Gasteiger partial charge in [0.05, 0.1) is 0 Å². The summed E-state index contributed by atoms with van der Waals surface area (Å²) in [6, 6.07) is 5.70. The van der Waals surface area contributed by atoms with Gasteiger partial charge in [-0.25, -0.2) is 4.39 Å². The van der Waals surface area contributed by atoms with E-state index in [1.54, 1.807) is 4.90 Å². The number of hydrogen-bond acceptors (Lipinski definition) is 1. The molecule has 0 aromatic heterocycles. The Balaban J connectivity index is 2.13. The molecule has 0 atom stereocenters. The molecule has 16 heavy (non-hydrogen) atoms. The highest BCUT2D eigenvalue weighted by Crippen LogP contribution is 2.13. The van der Waals surface area contributed by atoms with Crippen molar-refractivity contribution in [1.82, 2.24) is 4.90 Å². The van der Waals surface area contributed by atoms with Gasteiger partial charge >= 0.3 is 0 Å². The molecule has 0 radical (unpaired) electrons. The Morgan fingerprint density at radius 2 is 2.00 bits per heavy atom. The standard InChI is InChI=1S/C13H14FNO/c1-10-3-2-8-15(9-10)13(16)11-4-6-12(14)7-5-11/h3-7H,2,8-9H2,1H3. The first-order valence-electron chi connectivity index (χ1n) is 5.37. The molecule has 0 bridgehead atoms. The normalized spacial score (nSPS) is 15.9. The summed E-state index contributed by atoms with van der Waals surface area (Å²) in [4.78, 5) is 13.8. The van der Waals surface area contributed by atoms with Crippen molar-refractivity contribution in [3.63, 3.8) is 0 Å². The quantitative estimate of drug-likeness (QED) is 0.665. The summed E-state index contributed by atoms with van der Waals surface area (Å²) in [5.41, 5.74) is 1.76. The van der Waals surface area contributed by atoms with Crippen LogP contribution < -0.4 is 0 Å². The summed E-state index contributed by atoms with van der Waals surface area (Å²) in [6.07, 6.45) is 3.05. The van der Waals surface area contributed by atoms with E-state index < -0.39 is 0 Å². The van der Waals surface area contributed by atoms with Crippen molar-refractivity contribution in [2.45, 2.75) is 13.3 Å². The summed E-state index contributed by atoms with van der Waals surface area (Å²) >= 11 is 0. The molecular formula is C13H14FNO. The molecule has 0 aliphatic carbocycles. The van der Waals surface area contributed by atoms with Gasteiger partial charge in [0.15, 0.2) is 0 Å². The molecule has 0 N–H and O–H groups in total. The zero-order chi connectivity index (χ0) is 11.5. The topological polar surface area (TPSA) is 20.3 Å². The Hall–Kier alpha value is -1.64. The fourth-order valence-corrected chi connectivity index (χ4v) is 1.86. The number of hydrogen-bond donors (Lipinski definition) is 0.